The SMILES string of the molecule is O=c1c2ccc(cc2)oc2ccccc2oc2ccc(cc2)c(=O)c2ccc(cc2)oc2ccccc2oc2ccc(cc2)c(=O)c2ccc(cc2)oc2ccccc2oc2ccc1cc2. The van der Waals surface area contributed by atoms with Crippen LogP contribution in [0.1, 0.15) is 0 Å². The Morgan fingerprint density at radius 3 is 0.455 bits per heavy atom. The van der Waals surface area contributed by atoms with Crippen molar-refractivity contribution >= 4 is 99.3 Å². The Morgan fingerprint density at radius 2 is 0.318 bits per heavy atom. The van der Waals surface area contributed by atoms with Gasteiger partial charge in [0.15, 0.2) is 49.8 Å². The molecule has 0 amide bonds. The van der Waals surface area contributed by atoms with Gasteiger partial charge in [0.1, 0.15) is 33.5 Å². The molecule has 10 aromatic heterocycles. The number of rotatable bonds is 0. The van der Waals surface area contributed by atoms with Crippen LogP contribution in [0.3, 0.4) is 0 Å². The van der Waals surface area contributed by atoms with Gasteiger partial charge >= 0.3 is 0 Å². The van der Waals surface area contributed by atoms with Crippen molar-refractivity contribution in [2.45, 2.75) is 0 Å². The van der Waals surface area contributed by atoms with Gasteiger partial charge in [0.05, 0.1) is 0 Å². The second-order valence-corrected chi connectivity index (χ2v) is 15.1. The van der Waals surface area contributed by atoms with Crippen molar-refractivity contribution in [2.24, 2.45) is 0 Å². The molecule has 66 heavy (non-hydrogen) atoms. The predicted molar refractivity (Wildman–Crippen MR) is 262 cm³/mol. The zero-order valence-electron chi connectivity index (χ0n) is 35.0. The molecule has 10 heterocycles. The monoisotopic (exact) mass is 864 g/mol. The van der Waals surface area contributed by atoms with Crippen LogP contribution in [-0.4, -0.2) is 0 Å². The summed E-state index contributed by atoms with van der Waals surface area (Å²) in [5, 5.41) is 2.88. The van der Waals surface area contributed by atoms with E-state index in [0.29, 0.717) is 99.3 Å². The molecule has 0 N–H and O–H groups in total. The molecule has 9 aromatic carbocycles. The Morgan fingerprint density at radius 1 is 0.182 bits per heavy atom. The average molecular weight is 865 g/mol. The van der Waals surface area contributed by atoms with Crippen LogP contribution in [-0.2, 0) is 0 Å². The largest absolute Gasteiger partial charge is 0.453 e. The lowest BCUT2D eigenvalue weighted by molar-refractivity contribution is 0.618. The van der Waals surface area contributed by atoms with E-state index in [1.165, 1.54) is 0 Å². The highest BCUT2D eigenvalue weighted by molar-refractivity contribution is 5.77. The fraction of sp³-hybridized carbons (Fsp3) is 0. The highest BCUT2D eigenvalue weighted by Crippen LogP contribution is 2.20. The normalized spacial score (nSPS) is 10.9. The minimum atomic E-state index is -0.169. The van der Waals surface area contributed by atoms with Crippen molar-refractivity contribution in [2.75, 3.05) is 0 Å². The zero-order valence-corrected chi connectivity index (χ0v) is 35.0. The van der Waals surface area contributed by atoms with E-state index in [1.807, 2.05) is 36.4 Å². The van der Waals surface area contributed by atoms with E-state index < -0.39 is 0 Å². The molecule has 0 saturated carbocycles. The van der Waals surface area contributed by atoms with Gasteiger partial charge in [-0.05, 0) is 182 Å². The van der Waals surface area contributed by atoms with Gasteiger partial charge in [0.2, 0.25) is 0 Å². The zero-order chi connectivity index (χ0) is 44.8. The van der Waals surface area contributed by atoms with Crippen LogP contribution in [0.15, 0.2) is 259 Å². The van der Waals surface area contributed by atoms with Gasteiger partial charge in [-0.3, -0.25) is 14.4 Å². The summed E-state index contributed by atoms with van der Waals surface area (Å²) in [6, 6.07) is 63.0. The first-order valence-corrected chi connectivity index (χ1v) is 21.0. The third kappa shape index (κ3) is 9.13. The number of para-hydroxylation sites is 6. The van der Waals surface area contributed by atoms with Crippen LogP contribution in [0, 0.1) is 0 Å². The molecule has 0 unspecified atom stereocenters. The molecule has 19 aromatic rings. The van der Waals surface area contributed by atoms with E-state index in [4.69, 9.17) is 26.5 Å². The lowest BCUT2D eigenvalue weighted by atomic mass is 10.2. The minimum absolute atomic E-state index is 0.169. The standard InChI is InChI=1S/C57H36O9/c58-55-37-13-25-43(26-14-37)61-49-7-1-2-8-50(49)62-44-27-15-38(16-28-44)56(59)40-19-31-46(32-20-40)64-53-11-5-6-12-54(53)66-48-35-23-42(24-36-48)57(60)41-21-33-47(34-22-41)65-52-10-4-3-9-51(52)63-45-29-17-39(55)18-30-45/h1-36H. The van der Waals surface area contributed by atoms with Gasteiger partial charge in [0.25, 0.3) is 0 Å². The van der Waals surface area contributed by atoms with Gasteiger partial charge in [-0.1, -0.05) is 36.4 Å². The lowest BCUT2D eigenvalue weighted by Crippen LogP contribution is -1.97. The summed E-state index contributed by atoms with van der Waals surface area (Å²) in [6.07, 6.45) is 0. The van der Waals surface area contributed by atoms with Crippen molar-refractivity contribution in [1.82, 2.24) is 0 Å². The fourth-order valence-corrected chi connectivity index (χ4v) is 7.16. The maximum Gasteiger partial charge on any atom is 0.193 e. The molecular formula is C57H36O9. The molecule has 0 saturated heterocycles. The Kier molecular flexibility index (Phi) is 11.3. The molecule has 0 aliphatic heterocycles. The quantitative estimate of drug-likeness (QED) is 0.146. The summed E-state index contributed by atoms with van der Waals surface area (Å²) in [6.45, 7) is 0. The van der Waals surface area contributed by atoms with Gasteiger partial charge in [0, 0.05) is 32.3 Å². The van der Waals surface area contributed by atoms with E-state index in [0.717, 1.165) is 0 Å². The molecule has 19 rings (SSSR count). The summed E-state index contributed by atoms with van der Waals surface area (Å²) in [4.78, 5) is 40.5. The Bertz CT molecular complexity index is 3350. The number of hydrogen-bond donors (Lipinski definition) is 0. The molecule has 0 aliphatic rings. The van der Waals surface area contributed by atoms with Crippen molar-refractivity contribution in [3.63, 3.8) is 0 Å². The highest BCUT2D eigenvalue weighted by atomic mass is 16.4. The van der Waals surface area contributed by atoms with E-state index in [2.05, 4.69) is 0 Å². The van der Waals surface area contributed by atoms with Gasteiger partial charge in [-0.2, -0.15) is 0 Å². The van der Waals surface area contributed by atoms with E-state index >= 15 is 0 Å². The molecule has 0 aliphatic carbocycles. The summed E-state index contributed by atoms with van der Waals surface area (Å²) in [5.41, 5.74) is 5.35. The topological polar surface area (TPSA) is 130 Å². The molecule has 0 fully saturated rings. The molecule has 0 radical (unpaired) electrons. The summed E-state index contributed by atoms with van der Waals surface area (Å²) < 4.78 is 37.2. The first-order valence-electron chi connectivity index (χ1n) is 21.0. The fourth-order valence-electron chi connectivity index (χ4n) is 7.16. The second-order valence-electron chi connectivity index (χ2n) is 15.1. The maximum atomic E-state index is 13.5. The third-order valence-corrected chi connectivity index (χ3v) is 10.6. The van der Waals surface area contributed by atoms with Crippen LogP contribution in [0.2, 0.25) is 0 Å². The highest BCUT2D eigenvalue weighted by Gasteiger charge is 2.02. The molecule has 0 spiro atoms. The number of hydrogen-bond acceptors (Lipinski definition) is 9. The molecule has 12 bridgehead atoms. The van der Waals surface area contributed by atoms with Gasteiger partial charge in [-0.25, -0.2) is 0 Å². The number of benzene rings is 9. The Hall–Kier alpha value is -9.21. The molecular weight excluding hydrogens is 829 g/mol. The summed E-state index contributed by atoms with van der Waals surface area (Å²) >= 11 is 0. The summed E-state index contributed by atoms with van der Waals surface area (Å²) in [7, 11) is 0. The average Bonchev–Trinajstić information content (AvgIpc) is 3.36. The van der Waals surface area contributed by atoms with Crippen LogP contribution in [0.4, 0.5) is 0 Å². The van der Waals surface area contributed by atoms with Gasteiger partial charge in [-0.15, -0.1) is 0 Å². The molecule has 318 valence electrons. The molecule has 0 atom stereocenters. The van der Waals surface area contributed by atoms with Crippen LogP contribution >= 0.6 is 0 Å². The smallest absolute Gasteiger partial charge is 0.193 e. The van der Waals surface area contributed by atoms with Crippen LogP contribution in [0.25, 0.3) is 99.3 Å². The van der Waals surface area contributed by atoms with Crippen molar-refractivity contribution in [3.05, 3.63) is 249 Å². The lowest BCUT2D eigenvalue weighted by Gasteiger charge is -1.96. The third-order valence-electron chi connectivity index (χ3n) is 10.6. The minimum Gasteiger partial charge on any atom is -0.453 e. The van der Waals surface area contributed by atoms with Crippen molar-refractivity contribution in [1.29, 1.82) is 0 Å². The molecule has 9 heteroatoms. The van der Waals surface area contributed by atoms with Crippen LogP contribution in [0.5, 0.6) is 0 Å². The van der Waals surface area contributed by atoms with E-state index in [1.54, 1.807) is 182 Å². The second kappa shape index (κ2) is 18.3. The van der Waals surface area contributed by atoms with E-state index in [9.17, 15) is 14.4 Å². The summed E-state index contributed by atoms with van der Waals surface area (Å²) in [5.74, 6) is 0. The van der Waals surface area contributed by atoms with Crippen molar-refractivity contribution < 1.29 is 26.5 Å². The van der Waals surface area contributed by atoms with Crippen molar-refractivity contribution in [3.8, 4) is 0 Å². The van der Waals surface area contributed by atoms with Gasteiger partial charge < -0.3 is 26.5 Å². The predicted octanol–water partition coefficient (Wildman–Crippen LogP) is 14.5. The maximum absolute atomic E-state index is 13.5. The first-order chi connectivity index (χ1) is 32.4. The van der Waals surface area contributed by atoms with E-state index in [-0.39, 0.29) is 16.3 Å². The Balaban J connectivity index is 1.13. The Labute approximate surface area is 373 Å². The van der Waals surface area contributed by atoms with Crippen LogP contribution < -0.4 is 16.3 Å². The first kappa shape index (κ1) is 40.8. The molecule has 9 nitrogen and oxygen atoms in total.